The zero-order valence-electron chi connectivity index (χ0n) is 30.7. The van der Waals surface area contributed by atoms with Crippen LogP contribution in [0.2, 0.25) is 0 Å². The first-order valence-corrected chi connectivity index (χ1v) is 19.0. The number of nitrogens with zero attached hydrogens (tertiary/aromatic N) is 3. The number of allylic oxidation sites excluding steroid dienone is 1. The predicted molar refractivity (Wildman–Crippen MR) is 209 cm³/mol. The first-order chi connectivity index (χ1) is 26.3. The number of imide groups is 1. The maximum absolute atomic E-state index is 13.1. The van der Waals surface area contributed by atoms with Crippen molar-refractivity contribution in [3.63, 3.8) is 0 Å². The first kappa shape index (κ1) is 36.9. The molecule has 54 heavy (non-hydrogen) atoms. The molecule has 7 rings (SSSR count). The number of carbonyl (C=O) groups is 3. The van der Waals surface area contributed by atoms with E-state index in [0.29, 0.717) is 38.1 Å². The Bertz CT molecular complexity index is 1990. The number of anilines is 1. The van der Waals surface area contributed by atoms with E-state index in [0.717, 1.165) is 72.7 Å². The molecule has 2 unspecified atom stereocenters. The fourth-order valence-corrected chi connectivity index (χ4v) is 7.87. The molecule has 0 bridgehead atoms. The van der Waals surface area contributed by atoms with Gasteiger partial charge in [0.2, 0.25) is 11.8 Å². The van der Waals surface area contributed by atoms with Crippen molar-refractivity contribution in [2.24, 2.45) is 0 Å². The number of hydrogen-bond donors (Lipinski definition) is 3. The van der Waals surface area contributed by atoms with E-state index in [2.05, 4.69) is 64.5 Å². The highest BCUT2D eigenvalue weighted by molar-refractivity contribution is 6.05. The molecule has 0 aliphatic carbocycles. The Morgan fingerprint density at radius 2 is 1.57 bits per heavy atom. The Labute approximate surface area is 316 Å². The fourth-order valence-electron chi connectivity index (χ4n) is 7.87. The molecular weight excluding hydrogens is 681 g/mol. The number of hydrogen-bond acceptors (Lipinski definition) is 8. The molecule has 10 nitrogen and oxygen atoms in total. The molecule has 4 aromatic rings. The maximum Gasteiger partial charge on any atom is 0.255 e. The van der Waals surface area contributed by atoms with Crippen LogP contribution >= 0.6 is 0 Å². The van der Waals surface area contributed by atoms with Crippen molar-refractivity contribution in [1.82, 2.24) is 15.1 Å². The van der Waals surface area contributed by atoms with Gasteiger partial charge in [-0.3, -0.25) is 24.6 Å². The van der Waals surface area contributed by atoms with E-state index in [1.165, 1.54) is 11.1 Å². The van der Waals surface area contributed by atoms with Crippen molar-refractivity contribution >= 4 is 34.6 Å². The number of aromatic hydroxyl groups is 1. The summed E-state index contributed by atoms with van der Waals surface area (Å²) in [6.45, 7) is 6.91. The van der Waals surface area contributed by atoms with Gasteiger partial charge >= 0.3 is 0 Å². The van der Waals surface area contributed by atoms with Gasteiger partial charge in [0.1, 0.15) is 17.5 Å². The third-order valence-electron chi connectivity index (χ3n) is 10.7. The van der Waals surface area contributed by atoms with Gasteiger partial charge in [-0.15, -0.1) is 0 Å². The zero-order chi connectivity index (χ0) is 37.6. The van der Waals surface area contributed by atoms with Crippen LogP contribution in [0.1, 0.15) is 71.6 Å². The Hall–Kier alpha value is -5.45. The number of phenols is 1. The number of ether oxygens (including phenoxy) is 1. The fraction of sp³-hybridized carbons (Fsp3) is 0.341. The lowest BCUT2D eigenvalue weighted by atomic mass is 9.88. The van der Waals surface area contributed by atoms with Gasteiger partial charge in [0, 0.05) is 56.9 Å². The van der Waals surface area contributed by atoms with Crippen molar-refractivity contribution < 1.29 is 29.3 Å². The number of aliphatic hydroxyl groups excluding tert-OH is 1. The standard InChI is InChI=1S/C44H48N4O6/c1-2-38(30-7-4-3-5-8-30)42(31-10-15-35(49)16-11-31)32-12-17-37(18-13-32)54-26-6-9-36(50)29-46-22-24-47(25-23-46)34-14-19-39-33(27-34)28-48(44(39)53)40-20-21-41(51)45-43(40)52/h3-5,7-8,10-19,27,36,40,49-50H,2,6,9,20-26,28-29H2,1H3,(H,45,51,52)/b42-38-. The molecule has 0 radical (unpaired) electrons. The number of piperidine rings is 1. The average molecular weight is 729 g/mol. The van der Waals surface area contributed by atoms with Crippen LogP contribution in [-0.2, 0) is 16.1 Å². The number of rotatable bonds is 13. The number of carbonyl (C=O) groups excluding carboxylic acids is 3. The lowest BCUT2D eigenvalue weighted by Crippen LogP contribution is -2.52. The molecule has 10 heteroatoms. The smallest absolute Gasteiger partial charge is 0.255 e. The third-order valence-corrected chi connectivity index (χ3v) is 10.7. The van der Waals surface area contributed by atoms with E-state index >= 15 is 0 Å². The predicted octanol–water partition coefficient (Wildman–Crippen LogP) is 5.86. The molecular formula is C44H48N4O6. The summed E-state index contributed by atoms with van der Waals surface area (Å²) in [7, 11) is 0. The SMILES string of the molecule is CC/C(=C(\c1ccc(O)cc1)c1ccc(OCCCC(O)CN2CCN(c3ccc4c(c3)CN(C3CCC(=O)NC3=O)C4=O)CC2)cc1)c1ccccc1. The summed E-state index contributed by atoms with van der Waals surface area (Å²) in [6, 6.07) is 31.2. The van der Waals surface area contributed by atoms with Crippen molar-refractivity contribution in [2.75, 3.05) is 44.2 Å². The number of benzene rings is 4. The maximum atomic E-state index is 13.1. The summed E-state index contributed by atoms with van der Waals surface area (Å²) < 4.78 is 6.09. The minimum atomic E-state index is -0.617. The Kier molecular flexibility index (Phi) is 11.4. The largest absolute Gasteiger partial charge is 0.508 e. The highest BCUT2D eigenvalue weighted by Gasteiger charge is 2.39. The van der Waals surface area contributed by atoms with Crippen LogP contribution in [0.4, 0.5) is 5.69 Å². The van der Waals surface area contributed by atoms with Gasteiger partial charge in [0.05, 0.1) is 12.7 Å². The van der Waals surface area contributed by atoms with Crippen molar-refractivity contribution in [1.29, 1.82) is 0 Å². The minimum absolute atomic E-state index is 0.161. The summed E-state index contributed by atoms with van der Waals surface area (Å²) in [6.07, 6.45) is 2.37. The second kappa shape index (κ2) is 16.7. The average Bonchev–Trinajstić information content (AvgIpc) is 3.51. The molecule has 3 amide bonds. The van der Waals surface area contributed by atoms with Gasteiger partial charge in [-0.05, 0) is 102 Å². The van der Waals surface area contributed by atoms with Gasteiger partial charge in [0.25, 0.3) is 5.91 Å². The first-order valence-electron chi connectivity index (χ1n) is 19.0. The van der Waals surface area contributed by atoms with Gasteiger partial charge in [-0.1, -0.05) is 61.5 Å². The van der Waals surface area contributed by atoms with Crippen molar-refractivity contribution in [3.8, 4) is 11.5 Å². The Morgan fingerprint density at radius 1 is 0.870 bits per heavy atom. The minimum Gasteiger partial charge on any atom is -0.508 e. The molecule has 3 aliphatic rings. The Morgan fingerprint density at radius 3 is 2.26 bits per heavy atom. The highest BCUT2D eigenvalue weighted by Crippen LogP contribution is 2.36. The molecule has 3 N–H and O–H groups in total. The normalized spacial score (nSPS) is 18.6. The van der Waals surface area contributed by atoms with E-state index in [1.807, 2.05) is 42.5 Å². The van der Waals surface area contributed by atoms with E-state index in [9.17, 15) is 24.6 Å². The monoisotopic (exact) mass is 728 g/mol. The van der Waals surface area contributed by atoms with Crippen LogP contribution in [0.15, 0.2) is 97.1 Å². The van der Waals surface area contributed by atoms with E-state index in [-0.39, 0.29) is 24.0 Å². The number of β-amino-alcohol motifs (C(OH)–C–C–N with tert-alkyl or cyclic N) is 1. The van der Waals surface area contributed by atoms with E-state index in [1.54, 1.807) is 17.0 Å². The number of piperazine rings is 1. The summed E-state index contributed by atoms with van der Waals surface area (Å²) in [5, 5.41) is 23.1. The number of fused-ring (bicyclic) bond motifs is 1. The second-order valence-electron chi connectivity index (χ2n) is 14.3. The molecule has 0 saturated carbocycles. The molecule has 2 saturated heterocycles. The van der Waals surface area contributed by atoms with Gasteiger partial charge < -0.3 is 24.7 Å². The van der Waals surface area contributed by atoms with Crippen LogP contribution in [0.3, 0.4) is 0 Å². The lowest BCUT2D eigenvalue weighted by molar-refractivity contribution is -0.136. The van der Waals surface area contributed by atoms with Crippen LogP contribution in [-0.4, -0.2) is 89.2 Å². The molecule has 2 atom stereocenters. The number of nitrogens with one attached hydrogen (secondary N) is 1. The molecule has 0 aromatic heterocycles. The molecule has 0 spiro atoms. The number of phenolic OH excluding ortho intramolecular Hbond substituents is 1. The molecule has 4 aromatic carbocycles. The zero-order valence-corrected chi connectivity index (χ0v) is 30.7. The molecule has 3 aliphatic heterocycles. The van der Waals surface area contributed by atoms with Gasteiger partial charge in [0.15, 0.2) is 0 Å². The van der Waals surface area contributed by atoms with Crippen molar-refractivity contribution in [2.45, 2.75) is 57.7 Å². The lowest BCUT2D eigenvalue weighted by Gasteiger charge is -2.37. The van der Waals surface area contributed by atoms with Crippen LogP contribution < -0.4 is 15.0 Å². The van der Waals surface area contributed by atoms with Gasteiger partial charge in [-0.2, -0.15) is 0 Å². The van der Waals surface area contributed by atoms with E-state index < -0.39 is 18.1 Å². The molecule has 280 valence electrons. The van der Waals surface area contributed by atoms with Crippen LogP contribution in [0.5, 0.6) is 11.5 Å². The van der Waals surface area contributed by atoms with Gasteiger partial charge in [-0.25, -0.2) is 0 Å². The quantitative estimate of drug-likeness (QED) is 0.0889. The number of amides is 3. The number of aliphatic hydroxyl groups is 1. The highest BCUT2D eigenvalue weighted by atomic mass is 16.5. The molecule has 3 heterocycles. The summed E-state index contributed by atoms with van der Waals surface area (Å²) in [5.41, 5.74) is 8.21. The summed E-state index contributed by atoms with van der Waals surface area (Å²) >= 11 is 0. The topological polar surface area (TPSA) is 123 Å². The van der Waals surface area contributed by atoms with Crippen LogP contribution in [0.25, 0.3) is 11.1 Å². The van der Waals surface area contributed by atoms with Crippen LogP contribution in [0, 0.1) is 0 Å². The summed E-state index contributed by atoms with van der Waals surface area (Å²) in [4.78, 5) is 43.3. The summed E-state index contributed by atoms with van der Waals surface area (Å²) in [5.74, 6) is 0.172. The Balaban J connectivity index is 0.871. The van der Waals surface area contributed by atoms with E-state index in [4.69, 9.17) is 4.74 Å². The molecule has 2 fully saturated rings. The second-order valence-corrected chi connectivity index (χ2v) is 14.3. The third kappa shape index (κ3) is 8.35. The van der Waals surface area contributed by atoms with Crippen molar-refractivity contribution in [3.05, 3.63) is 125 Å².